The highest BCUT2D eigenvalue weighted by Gasteiger charge is 2.33. The first-order valence-electron chi connectivity index (χ1n) is 7.54. The number of nitriles is 1. The van der Waals surface area contributed by atoms with Crippen LogP contribution in [0.3, 0.4) is 0 Å². The minimum atomic E-state index is -1.83. The third-order valence-corrected chi connectivity index (χ3v) is 3.92. The van der Waals surface area contributed by atoms with Gasteiger partial charge in [-0.15, -0.1) is 0 Å². The molecule has 0 aliphatic carbocycles. The maximum Gasteiger partial charge on any atom is 0.503 e. The van der Waals surface area contributed by atoms with Gasteiger partial charge in [-0.05, 0) is 24.0 Å². The summed E-state index contributed by atoms with van der Waals surface area (Å²) in [6, 6.07) is 6.12. The molecule has 1 aliphatic heterocycles. The summed E-state index contributed by atoms with van der Waals surface area (Å²) in [6.07, 6.45) is 0.674. The lowest BCUT2D eigenvalue weighted by atomic mass is 9.89. The minimum Gasteiger partial charge on any atom is -0.450 e. The number of hydrogen-bond donors (Lipinski definition) is 5. The molecule has 28 heavy (non-hydrogen) atoms. The smallest absolute Gasteiger partial charge is 0.450 e. The molecule has 0 bridgehead atoms. The van der Waals surface area contributed by atoms with Gasteiger partial charge in [0.2, 0.25) is 0 Å². The van der Waals surface area contributed by atoms with Crippen LogP contribution in [0.25, 0.3) is 11.1 Å². The molecule has 0 fully saturated rings. The van der Waals surface area contributed by atoms with E-state index in [0.717, 1.165) is 24.1 Å². The lowest BCUT2D eigenvalue weighted by molar-refractivity contribution is 0.135. The van der Waals surface area contributed by atoms with Gasteiger partial charge in [0, 0.05) is 35.8 Å². The Labute approximate surface area is 165 Å². The summed E-state index contributed by atoms with van der Waals surface area (Å²) < 4.78 is 2.12. The van der Waals surface area contributed by atoms with Gasteiger partial charge in [0.25, 0.3) is 0 Å². The summed E-state index contributed by atoms with van der Waals surface area (Å²) in [6.45, 7) is 5.33. The Kier molecular flexibility index (Phi) is 8.96. The summed E-state index contributed by atoms with van der Waals surface area (Å²) in [5, 5.41) is 37.8. The van der Waals surface area contributed by atoms with Gasteiger partial charge in [0.1, 0.15) is 11.8 Å². The van der Waals surface area contributed by atoms with Crippen LogP contribution in [0.4, 0.5) is 9.59 Å². The molecule has 0 saturated carbocycles. The SMILES string of the molecule is CC1(C)Cc2c(-c3ccncc3Cl)cc(C#N)n2C1.N.O=C(O)O.O=C(O)O. The van der Waals surface area contributed by atoms with Crippen molar-refractivity contribution < 1.29 is 30.0 Å². The lowest BCUT2D eigenvalue weighted by Crippen LogP contribution is -2.13. The van der Waals surface area contributed by atoms with Crippen LogP contribution in [0.15, 0.2) is 24.5 Å². The molecule has 3 rings (SSSR count). The van der Waals surface area contributed by atoms with Crippen LogP contribution in [-0.2, 0) is 13.0 Å². The topological polar surface area (TPSA) is 192 Å². The van der Waals surface area contributed by atoms with E-state index in [-0.39, 0.29) is 11.6 Å². The molecule has 0 spiro atoms. The number of rotatable bonds is 1. The largest absolute Gasteiger partial charge is 0.503 e. The van der Waals surface area contributed by atoms with E-state index in [4.69, 9.17) is 41.6 Å². The molecule has 0 saturated heterocycles. The summed E-state index contributed by atoms with van der Waals surface area (Å²) in [7, 11) is 0. The number of hydrogen-bond acceptors (Lipinski definition) is 5. The zero-order chi connectivity index (χ0) is 20.8. The molecule has 7 N–H and O–H groups in total. The average molecular weight is 413 g/mol. The number of fused-ring (bicyclic) bond motifs is 1. The van der Waals surface area contributed by atoms with Crippen LogP contribution in [0, 0.1) is 16.7 Å². The van der Waals surface area contributed by atoms with Gasteiger partial charge in [-0.25, -0.2) is 9.59 Å². The van der Waals surface area contributed by atoms with E-state index in [1.54, 1.807) is 12.4 Å². The van der Waals surface area contributed by atoms with E-state index in [2.05, 4.69) is 29.5 Å². The third-order valence-electron chi connectivity index (χ3n) is 3.62. The number of carbonyl (C=O) groups is 2. The van der Waals surface area contributed by atoms with Crippen molar-refractivity contribution in [2.75, 3.05) is 0 Å². The van der Waals surface area contributed by atoms with Gasteiger partial charge < -0.3 is 31.1 Å². The normalized spacial score (nSPS) is 12.6. The Morgan fingerprint density at radius 2 is 1.75 bits per heavy atom. The molecule has 0 atom stereocenters. The highest BCUT2D eigenvalue weighted by atomic mass is 35.5. The van der Waals surface area contributed by atoms with E-state index in [9.17, 15) is 5.26 Å². The van der Waals surface area contributed by atoms with Crippen molar-refractivity contribution in [1.29, 1.82) is 5.26 Å². The van der Waals surface area contributed by atoms with Crippen molar-refractivity contribution in [1.82, 2.24) is 15.7 Å². The Bertz CT molecular complexity index is 868. The lowest BCUT2D eigenvalue weighted by Gasteiger charge is -2.15. The second kappa shape index (κ2) is 10.1. The predicted molar refractivity (Wildman–Crippen MR) is 101 cm³/mol. The molecule has 11 heteroatoms. The van der Waals surface area contributed by atoms with Crippen LogP contribution in [-0.4, -0.2) is 42.3 Å². The van der Waals surface area contributed by atoms with Crippen molar-refractivity contribution in [3.8, 4) is 17.2 Å². The molecule has 1 aliphatic rings. The molecule has 2 aromatic heterocycles. The third kappa shape index (κ3) is 6.79. The van der Waals surface area contributed by atoms with Gasteiger partial charge in [0.15, 0.2) is 0 Å². The molecule has 0 amide bonds. The molecule has 10 nitrogen and oxygen atoms in total. The molecule has 0 unspecified atom stereocenters. The van der Waals surface area contributed by atoms with Gasteiger partial charge in [0.05, 0.1) is 5.02 Å². The summed E-state index contributed by atoms with van der Waals surface area (Å²) >= 11 is 6.23. The number of nitrogens with zero attached hydrogens (tertiary/aromatic N) is 3. The van der Waals surface area contributed by atoms with Crippen molar-refractivity contribution in [3.05, 3.63) is 40.9 Å². The summed E-state index contributed by atoms with van der Waals surface area (Å²) in [5.41, 5.74) is 4.13. The number of halogens is 1. The summed E-state index contributed by atoms with van der Waals surface area (Å²) in [5.74, 6) is 0. The maximum atomic E-state index is 9.29. The van der Waals surface area contributed by atoms with Gasteiger partial charge in [-0.3, -0.25) is 4.98 Å². The molecule has 0 radical (unpaired) electrons. The first-order chi connectivity index (χ1) is 12.5. The van der Waals surface area contributed by atoms with Gasteiger partial charge in [-0.1, -0.05) is 25.4 Å². The Balaban J connectivity index is 0.000000697. The minimum absolute atomic E-state index is 0. The van der Waals surface area contributed by atoms with Gasteiger partial charge in [-0.2, -0.15) is 5.26 Å². The Hall–Kier alpha value is -3.29. The highest BCUT2D eigenvalue weighted by molar-refractivity contribution is 6.33. The molecular weight excluding hydrogens is 392 g/mol. The Morgan fingerprint density at radius 1 is 1.21 bits per heavy atom. The van der Waals surface area contributed by atoms with E-state index in [1.165, 1.54) is 5.69 Å². The predicted octanol–water partition coefficient (Wildman–Crippen LogP) is 4.26. The van der Waals surface area contributed by atoms with Crippen molar-refractivity contribution in [3.63, 3.8) is 0 Å². The molecular formula is C17H21ClN4O6. The zero-order valence-electron chi connectivity index (χ0n) is 15.3. The fraction of sp³-hybridized carbons (Fsp3) is 0.294. The van der Waals surface area contributed by atoms with Crippen LogP contribution in [0.2, 0.25) is 5.02 Å². The van der Waals surface area contributed by atoms with E-state index < -0.39 is 12.3 Å². The summed E-state index contributed by atoms with van der Waals surface area (Å²) in [4.78, 5) is 21.1. The number of pyridine rings is 1. The first kappa shape index (κ1) is 24.7. The van der Waals surface area contributed by atoms with E-state index in [1.807, 2.05) is 12.1 Å². The van der Waals surface area contributed by atoms with E-state index in [0.29, 0.717) is 10.7 Å². The van der Waals surface area contributed by atoms with Crippen LogP contribution in [0.1, 0.15) is 25.2 Å². The molecule has 3 heterocycles. The van der Waals surface area contributed by atoms with Crippen molar-refractivity contribution in [2.45, 2.75) is 26.8 Å². The molecule has 152 valence electrons. The fourth-order valence-electron chi connectivity index (χ4n) is 2.82. The van der Waals surface area contributed by atoms with Crippen molar-refractivity contribution in [2.24, 2.45) is 5.41 Å². The first-order valence-corrected chi connectivity index (χ1v) is 7.92. The second-order valence-electron chi connectivity index (χ2n) is 6.35. The number of aromatic nitrogens is 2. The van der Waals surface area contributed by atoms with Crippen LogP contribution < -0.4 is 6.15 Å². The standard InChI is InChI=1S/C15H14ClN3.2CH2O3.H3N/c1-15(2)6-14-12(5-10(7-17)19(14)9-15)11-3-4-18-8-13(11)16;2*2-1(3)4;/h3-5,8H,6,9H2,1-2H3;2*(H2,2,3,4);1H3. The monoisotopic (exact) mass is 412 g/mol. The zero-order valence-corrected chi connectivity index (χ0v) is 16.0. The fourth-order valence-corrected chi connectivity index (χ4v) is 3.04. The Morgan fingerprint density at radius 3 is 2.21 bits per heavy atom. The van der Waals surface area contributed by atoms with Crippen LogP contribution in [0.5, 0.6) is 0 Å². The number of carboxylic acid groups (broad SMARTS) is 4. The van der Waals surface area contributed by atoms with E-state index >= 15 is 0 Å². The quantitative estimate of drug-likeness (QED) is 0.454. The molecule has 0 aromatic carbocycles. The molecule has 2 aromatic rings. The van der Waals surface area contributed by atoms with Crippen LogP contribution >= 0.6 is 11.6 Å². The average Bonchev–Trinajstić information content (AvgIpc) is 2.99. The maximum absolute atomic E-state index is 9.29. The van der Waals surface area contributed by atoms with Gasteiger partial charge >= 0.3 is 12.3 Å². The highest BCUT2D eigenvalue weighted by Crippen LogP contribution is 2.41. The van der Waals surface area contributed by atoms with Crippen molar-refractivity contribution >= 4 is 23.9 Å². The second-order valence-corrected chi connectivity index (χ2v) is 6.76.